The Morgan fingerprint density at radius 1 is 1.20 bits per heavy atom. The fourth-order valence-electron chi connectivity index (χ4n) is 8.26. The van der Waals surface area contributed by atoms with Crippen LogP contribution in [0.15, 0.2) is 36.4 Å². The molecule has 5 fully saturated rings. The van der Waals surface area contributed by atoms with Gasteiger partial charge in [0.25, 0.3) is 0 Å². The highest BCUT2D eigenvalue weighted by atomic mass is 19.1. The zero-order valence-corrected chi connectivity index (χ0v) is 25.0. The molecule has 0 radical (unpaired) electrons. The quantitative estimate of drug-likeness (QED) is 0.280. The Labute approximate surface area is 259 Å². The molecule has 9 rings (SSSR count). The predicted octanol–water partition coefficient (Wildman–Crippen LogP) is 5.70. The first-order chi connectivity index (χ1) is 21.7. The van der Waals surface area contributed by atoms with Crippen LogP contribution in [0.25, 0.3) is 32.8 Å². The third-order valence-electron chi connectivity index (χ3n) is 10.5. The number of hydrogen-bond acceptors (Lipinski definition) is 7. The van der Waals surface area contributed by atoms with Gasteiger partial charge in [-0.05, 0) is 68.8 Å². The van der Waals surface area contributed by atoms with Crippen LogP contribution >= 0.6 is 0 Å². The number of phenols is 1. The Balaban J connectivity index is 1.31. The second kappa shape index (κ2) is 10.2. The van der Waals surface area contributed by atoms with Gasteiger partial charge in [0.2, 0.25) is 0 Å². The Morgan fingerprint density at radius 3 is 2.84 bits per heavy atom. The molecule has 1 aromatic heterocycles. The van der Waals surface area contributed by atoms with Gasteiger partial charge in [0.1, 0.15) is 35.7 Å². The summed E-state index contributed by atoms with van der Waals surface area (Å²) in [6.07, 6.45) is 8.89. The number of fused-ring (bicyclic) bond motifs is 6. The van der Waals surface area contributed by atoms with E-state index < -0.39 is 23.3 Å². The van der Waals surface area contributed by atoms with E-state index in [1.807, 2.05) is 0 Å². The number of aromatic nitrogens is 2. The summed E-state index contributed by atoms with van der Waals surface area (Å²) in [5.74, 6) is 1.16. The van der Waals surface area contributed by atoms with Crippen molar-refractivity contribution in [2.45, 2.75) is 62.3 Å². The van der Waals surface area contributed by atoms with Crippen molar-refractivity contribution in [1.29, 1.82) is 0 Å². The molecule has 7 nitrogen and oxygen atoms in total. The number of nitrogens with zero attached hydrogens (tertiary/aromatic N) is 4. The number of anilines is 1. The van der Waals surface area contributed by atoms with Crippen molar-refractivity contribution in [3.05, 3.63) is 53.6 Å². The fourth-order valence-corrected chi connectivity index (χ4v) is 8.26. The Morgan fingerprint density at radius 2 is 2.07 bits per heavy atom. The van der Waals surface area contributed by atoms with Gasteiger partial charge in [0.05, 0.1) is 11.1 Å². The van der Waals surface area contributed by atoms with Gasteiger partial charge in [-0.3, -0.25) is 4.90 Å². The molecule has 232 valence electrons. The van der Waals surface area contributed by atoms with Gasteiger partial charge in [0.15, 0.2) is 5.82 Å². The van der Waals surface area contributed by atoms with Crippen LogP contribution in [-0.2, 0) is 0 Å². The zero-order valence-electron chi connectivity index (χ0n) is 25.0. The molecule has 6 heterocycles. The van der Waals surface area contributed by atoms with Gasteiger partial charge in [0, 0.05) is 59.5 Å². The molecule has 10 heteroatoms. The Hall–Kier alpha value is -4.07. The molecule has 4 atom stereocenters. The van der Waals surface area contributed by atoms with Crippen molar-refractivity contribution < 1.29 is 23.0 Å². The summed E-state index contributed by atoms with van der Waals surface area (Å²) >= 11 is 0. The maximum absolute atomic E-state index is 16.9. The molecule has 5 aliphatic rings. The van der Waals surface area contributed by atoms with E-state index in [4.69, 9.17) is 16.1 Å². The standard InChI is InChI=1S/C35H34F3N5O2/c1-3-20-6-4-7-21-12-24(44)13-25(28(20)21)29-27(37)14-26-31(30(29)38)40-33(45-19-35-9-5-11-42(35)17-22(36)15-35)41-32(26)43-18-34(2)10-8-23(43)16-39-34/h1,4,6-7,12-14,22-23,39,44H,5,8-11,15-19H2,2H3/t22-,23?,34-,35?/m1/s1. The van der Waals surface area contributed by atoms with Crippen LogP contribution in [0.5, 0.6) is 11.8 Å². The SMILES string of the molecule is C#Cc1cccc2cc(O)cc(-c3c(F)cc4c(N5C[C@@]6(C)CCC5CN6)nc(OCC56CCCN5C[C@H](F)C6)nc4c3F)c12. The number of ether oxygens (including phenoxy) is 1. The van der Waals surface area contributed by atoms with Crippen molar-refractivity contribution in [3.8, 4) is 35.2 Å². The lowest BCUT2D eigenvalue weighted by molar-refractivity contribution is 0.107. The largest absolute Gasteiger partial charge is 0.508 e. The number of hydrogen-bond donors (Lipinski definition) is 2. The number of rotatable bonds is 5. The van der Waals surface area contributed by atoms with Gasteiger partial charge < -0.3 is 20.1 Å². The van der Waals surface area contributed by atoms with Gasteiger partial charge >= 0.3 is 6.01 Å². The molecule has 0 spiro atoms. The van der Waals surface area contributed by atoms with E-state index in [9.17, 15) is 9.50 Å². The number of piperazine rings is 1. The van der Waals surface area contributed by atoms with Crippen molar-refractivity contribution in [1.82, 2.24) is 20.2 Å². The first kappa shape index (κ1) is 28.4. The van der Waals surface area contributed by atoms with Gasteiger partial charge in [-0.25, -0.2) is 13.2 Å². The topological polar surface area (TPSA) is 73.8 Å². The second-order valence-electron chi connectivity index (χ2n) is 13.4. The van der Waals surface area contributed by atoms with E-state index in [0.717, 1.165) is 38.8 Å². The van der Waals surface area contributed by atoms with Crippen LogP contribution in [0.2, 0.25) is 0 Å². The van der Waals surface area contributed by atoms with Gasteiger partial charge in [-0.2, -0.15) is 9.97 Å². The molecule has 5 saturated heterocycles. The zero-order chi connectivity index (χ0) is 31.1. The molecule has 5 aliphatic heterocycles. The summed E-state index contributed by atoms with van der Waals surface area (Å²) in [5.41, 5.74) is -0.463. The number of benzene rings is 3. The molecule has 0 aliphatic carbocycles. The molecule has 2 unspecified atom stereocenters. The third-order valence-corrected chi connectivity index (χ3v) is 10.5. The van der Waals surface area contributed by atoms with E-state index in [0.29, 0.717) is 41.7 Å². The van der Waals surface area contributed by atoms with Crippen molar-refractivity contribution >= 4 is 27.5 Å². The van der Waals surface area contributed by atoms with E-state index in [1.165, 1.54) is 18.2 Å². The smallest absolute Gasteiger partial charge is 0.319 e. The molecular weight excluding hydrogens is 579 g/mol. The molecule has 45 heavy (non-hydrogen) atoms. The summed E-state index contributed by atoms with van der Waals surface area (Å²) < 4.78 is 53.9. The lowest BCUT2D eigenvalue weighted by Gasteiger charge is -2.52. The molecule has 4 aromatic rings. The maximum Gasteiger partial charge on any atom is 0.319 e. The number of phenolic OH excluding ortho intramolecular Hbond substituents is 1. The highest BCUT2D eigenvalue weighted by Gasteiger charge is 2.49. The Kier molecular flexibility index (Phi) is 6.45. The predicted molar refractivity (Wildman–Crippen MR) is 167 cm³/mol. The number of halogens is 3. The van der Waals surface area contributed by atoms with Crippen LogP contribution in [-0.4, -0.2) is 76.1 Å². The van der Waals surface area contributed by atoms with Gasteiger partial charge in [-0.15, -0.1) is 6.42 Å². The fraction of sp³-hybridized carbons (Fsp3) is 0.429. The normalized spacial score (nSPS) is 27.8. The van der Waals surface area contributed by atoms with Crippen LogP contribution in [0, 0.1) is 24.0 Å². The minimum Gasteiger partial charge on any atom is -0.508 e. The summed E-state index contributed by atoms with van der Waals surface area (Å²) in [6.45, 7) is 4.85. The average molecular weight is 614 g/mol. The summed E-state index contributed by atoms with van der Waals surface area (Å²) in [5, 5.41) is 15.4. The van der Waals surface area contributed by atoms with Crippen LogP contribution < -0.4 is 15.0 Å². The number of aromatic hydroxyl groups is 1. The Bertz CT molecular complexity index is 1900. The molecule has 3 aromatic carbocycles. The third kappa shape index (κ3) is 4.50. The maximum atomic E-state index is 16.9. The summed E-state index contributed by atoms with van der Waals surface area (Å²) in [7, 11) is 0. The minimum absolute atomic E-state index is 0.0258. The number of nitrogens with one attached hydrogen (secondary N) is 1. The average Bonchev–Trinajstić information content (AvgIpc) is 3.55. The van der Waals surface area contributed by atoms with Crippen LogP contribution in [0.1, 0.15) is 44.6 Å². The summed E-state index contributed by atoms with van der Waals surface area (Å²) in [6, 6.07) is 9.35. The van der Waals surface area contributed by atoms with Crippen molar-refractivity contribution in [3.63, 3.8) is 0 Å². The highest BCUT2D eigenvalue weighted by molar-refractivity contribution is 6.04. The number of terminal acetylenes is 1. The first-order valence-electron chi connectivity index (χ1n) is 15.6. The van der Waals surface area contributed by atoms with Crippen LogP contribution in [0.3, 0.4) is 0 Å². The van der Waals surface area contributed by atoms with Crippen LogP contribution in [0.4, 0.5) is 19.0 Å². The minimum atomic E-state index is -0.924. The number of alkyl halides is 1. The molecule has 0 saturated carbocycles. The second-order valence-corrected chi connectivity index (χ2v) is 13.4. The van der Waals surface area contributed by atoms with Crippen molar-refractivity contribution in [2.24, 2.45) is 0 Å². The van der Waals surface area contributed by atoms with E-state index in [1.54, 1.807) is 18.2 Å². The lowest BCUT2D eigenvalue weighted by Crippen LogP contribution is -2.67. The van der Waals surface area contributed by atoms with E-state index >= 15 is 8.78 Å². The first-order valence-corrected chi connectivity index (χ1v) is 15.6. The summed E-state index contributed by atoms with van der Waals surface area (Å²) in [4.78, 5) is 13.6. The molecule has 0 amide bonds. The van der Waals surface area contributed by atoms with E-state index in [-0.39, 0.29) is 52.0 Å². The highest BCUT2D eigenvalue weighted by Crippen LogP contribution is 2.44. The van der Waals surface area contributed by atoms with E-state index in [2.05, 4.69) is 32.9 Å². The number of piperidine rings is 2. The molecule has 2 bridgehead atoms. The monoisotopic (exact) mass is 613 g/mol. The molecular formula is C35H34F3N5O2. The lowest BCUT2D eigenvalue weighted by atomic mass is 9.82. The van der Waals surface area contributed by atoms with Gasteiger partial charge in [-0.1, -0.05) is 18.1 Å². The van der Waals surface area contributed by atoms with Crippen molar-refractivity contribution in [2.75, 3.05) is 37.7 Å². The molecule has 2 N–H and O–H groups in total.